The van der Waals surface area contributed by atoms with Crippen LogP contribution in [0.25, 0.3) is 0 Å². The van der Waals surface area contributed by atoms with Gasteiger partial charge in [-0.3, -0.25) is 14.9 Å². The van der Waals surface area contributed by atoms with Crippen molar-refractivity contribution in [3.63, 3.8) is 0 Å². The molecule has 0 atom stereocenters. The third-order valence-corrected chi connectivity index (χ3v) is 2.87. The number of hydrogen-bond donors (Lipinski definition) is 1. The first-order valence-electron chi connectivity index (χ1n) is 5.90. The number of aromatic nitrogens is 1. The van der Waals surface area contributed by atoms with Gasteiger partial charge in [-0.25, -0.2) is 4.98 Å². The lowest BCUT2D eigenvalue weighted by Gasteiger charge is -2.24. The van der Waals surface area contributed by atoms with Crippen LogP contribution in [0.3, 0.4) is 0 Å². The number of aldehydes is 1. The number of nitrogens with one attached hydrogen (secondary N) is 1. The van der Waals surface area contributed by atoms with E-state index in [0.29, 0.717) is 18.2 Å². The first-order valence-corrected chi connectivity index (χ1v) is 6.28. The van der Waals surface area contributed by atoms with Gasteiger partial charge in [-0.15, -0.1) is 0 Å². The highest BCUT2D eigenvalue weighted by atomic mass is 35.5. The van der Waals surface area contributed by atoms with Crippen LogP contribution in [0, 0.1) is 10.1 Å². The maximum absolute atomic E-state index is 10.9. The number of allylic oxidation sites excluding steroid dienone is 1. The lowest BCUT2D eigenvalue weighted by atomic mass is 10.2. The summed E-state index contributed by atoms with van der Waals surface area (Å²) in [6.45, 7) is 2.70. The molecule has 0 aliphatic rings. The van der Waals surface area contributed by atoms with Crippen LogP contribution >= 0.6 is 11.6 Å². The van der Waals surface area contributed by atoms with Gasteiger partial charge in [0, 0.05) is 26.3 Å². The number of carbonyl (C=O) groups excluding carboxylic acids is 1. The predicted molar refractivity (Wildman–Crippen MR) is 74.5 cm³/mol. The number of carbonyl (C=O) groups is 1. The summed E-state index contributed by atoms with van der Waals surface area (Å²) in [7, 11) is 1.53. The molecule has 7 nitrogen and oxygen atoms in total. The molecule has 1 heterocycles. The Kier molecular flexibility index (Phi) is 5.92. The Morgan fingerprint density at radius 2 is 2.30 bits per heavy atom. The highest BCUT2D eigenvalue weighted by Gasteiger charge is 2.21. The van der Waals surface area contributed by atoms with Crippen molar-refractivity contribution in [3.05, 3.63) is 50.7 Å². The van der Waals surface area contributed by atoms with Gasteiger partial charge in [0.1, 0.15) is 5.15 Å². The Morgan fingerprint density at radius 1 is 1.60 bits per heavy atom. The summed E-state index contributed by atoms with van der Waals surface area (Å²) in [6, 6.07) is 3.42. The van der Waals surface area contributed by atoms with Crippen LogP contribution in [0.5, 0.6) is 0 Å². The van der Waals surface area contributed by atoms with E-state index < -0.39 is 10.6 Å². The molecule has 0 unspecified atom stereocenters. The highest BCUT2D eigenvalue weighted by molar-refractivity contribution is 6.29. The van der Waals surface area contributed by atoms with E-state index in [1.807, 2.05) is 6.92 Å². The molecule has 1 aromatic heterocycles. The summed E-state index contributed by atoms with van der Waals surface area (Å²) in [5, 5.41) is 13.9. The largest absolute Gasteiger partial charge is 0.369 e. The van der Waals surface area contributed by atoms with E-state index in [9.17, 15) is 14.9 Å². The molecular weight excluding hydrogens is 284 g/mol. The maximum Gasteiger partial charge on any atom is 0.348 e. The lowest BCUT2D eigenvalue weighted by molar-refractivity contribution is -0.419. The van der Waals surface area contributed by atoms with Gasteiger partial charge in [0.2, 0.25) is 6.29 Å². The molecule has 1 N–H and O–H groups in total. The van der Waals surface area contributed by atoms with Gasteiger partial charge in [0.15, 0.2) is 5.82 Å². The number of halogens is 1. The summed E-state index contributed by atoms with van der Waals surface area (Å²) >= 11 is 5.70. The smallest absolute Gasteiger partial charge is 0.348 e. The zero-order valence-electron chi connectivity index (χ0n) is 11.2. The second-order valence-corrected chi connectivity index (χ2v) is 4.25. The third-order valence-electron chi connectivity index (χ3n) is 2.65. The summed E-state index contributed by atoms with van der Waals surface area (Å²) in [5.41, 5.74) is 0.328. The van der Waals surface area contributed by atoms with E-state index in [1.54, 1.807) is 23.2 Å². The summed E-state index contributed by atoms with van der Waals surface area (Å²) < 4.78 is 0. The fraction of sp³-hybridized carbons (Fsp3) is 0.333. The number of pyridine rings is 1. The standard InChI is InChI=1S/C12H15ClN4O3/c1-3-16(7-9-4-5-11(13)15-6-9)12(14-2)10(8-18)17(19)20/h4-6,8,14H,3,7H2,1-2H3/b12-10-. The molecule has 0 bridgehead atoms. The Balaban J connectivity index is 3.06. The van der Waals surface area contributed by atoms with Crippen LogP contribution in [0.2, 0.25) is 5.15 Å². The van der Waals surface area contributed by atoms with E-state index in [4.69, 9.17) is 11.6 Å². The highest BCUT2D eigenvalue weighted by Crippen LogP contribution is 2.13. The van der Waals surface area contributed by atoms with Gasteiger partial charge in [-0.1, -0.05) is 17.7 Å². The second kappa shape index (κ2) is 7.44. The number of nitro groups is 1. The fourth-order valence-corrected chi connectivity index (χ4v) is 1.81. The zero-order valence-corrected chi connectivity index (χ0v) is 11.9. The summed E-state index contributed by atoms with van der Waals surface area (Å²) in [5.74, 6) is 0.169. The van der Waals surface area contributed by atoms with Gasteiger partial charge in [0.05, 0.1) is 4.92 Å². The van der Waals surface area contributed by atoms with Crippen LogP contribution < -0.4 is 5.32 Å². The molecule has 0 aliphatic heterocycles. The van der Waals surface area contributed by atoms with Crippen molar-refractivity contribution in [2.24, 2.45) is 0 Å². The van der Waals surface area contributed by atoms with E-state index in [-0.39, 0.29) is 12.1 Å². The Hall–Kier alpha value is -2.15. The van der Waals surface area contributed by atoms with Crippen molar-refractivity contribution in [2.45, 2.75) is 13.5 Å². The van der Waals surface area contributed by atoms with Crippen LogP contribution in [-0.4, -0.2) is 34.7 Å². The average Bonchev–Trinajstić information content (AvgIpc) is 2.44. The molecule has 0 radical (unpaired) electrons. The zero-order chi connectivity index (χ0) is 15.1. The minimum Gasteiger partial charge on any atom is -0.369 e. The van der Waals surface area contributed by atoms with Crippen molar-refractivity contribution in [1.29, 1.82) is 0 Å². The lowest BCUT2D eigenvalue weighted by Crippen LogP contribution is -2.32. The molecule has 0 saturated heterocycles. The monoisotopic (exact) mass is 298 g/mol. The number of rotatable bonds is 7. The second-order valence-electron chi connectivity index (χ2n) is 3.86. The Bertz CT molecular complexity index is 516. The summed E-state index contributed by atoms with van der Waals surface area (Å²) in [6.07, 6.45) is 1.82. The molecule has 20 heavy (non-hydrogen) atoms. The van der Waals surface area contributed by atoms with E-state index in [2.05, 4.69) is 10.3 Å². The van der Waals surface area contributed by atoms with Gasteiger partial charge >= 0.3 is 5.70 Å². The predicted octanol–water partition coefficient (Wildman–Crippen LogP) is 1.42. The Morgan fingerprint density at radius 3 is 2.70 bits per heavy atom. The van der Waals surface area contributed by atoms with E-state index in [1.165, 1.54) is 7.05 Å². The molecule has 0 saturated carbocycles. The van der Waals surface area contributed by atoms with Crippen molar-refractivity contribution < 1.29 is 9.72 Å². The molecule has 0 aliphatic carbocycles. The van der Waals surface area contributed by atoms with Crippen LogP contribution in [-0.2, 0) is 11.3 Å². The first-order chi connectivity index (χ1) is 9.53. The molecule has 0 aromatic carbocycles. The molecule has 108 valence electrons. The Labute approximate surface area is 121 Å². The number of nitrogens with zero attached hydrogens (tertiary/aromatic N) is 3. The van der Waals surface area contributed by atoms with Crippen molar-refractivity contribution >= 4 is 17.9 Å². The quantitative estimate of drug-likeness (QED) is 0.269. The van der Waals surface area contributed by atoms with Crippen molar-refractivity contribution in [1.82, 2.24) is 15.2 Å². The van der Waals surface area contributed by atoms with Crippen molar-refractivity contribution in [2.75, 3.05) is 13.6 Å². The minimum absolute atomic E-state index is 0.169. The van der Waals surface area contributed by atoms with Crippen LogP contribution in [0.15, 0.2) is 29.8 Å². The van der Waals surface area contributed by atoms with Gasteiger partial charge in [-0.2, -0.15) is 0 Å². The molecule has 0 amide bonds. The van der Waals surface area contributed by atoms with Gasteiger partial charge in [0.25, 0.3) is 0 Å². The SMILES string of the molecule is CCN(Cc1ccc(Cl)nc1)/C(NC)=C(/C=O)[N+](=O)[O-]. The molecule has 0 fully saturated rings. The minimum atomic E-state index is -0.707. The van der Waals surface area contributed by atoms with E-state index in [0.717, 1.165) is 5.56 Å². The normalized spacial score (nSPS) is 11.6. The molecule has 8 heteroatoms. The third kappa shape index (κ3) is 3.92. The molecule has 1 aromatic rings. The average molecular weight is 299 g/mol. The molecule has 0 spiro atoms. The number of hydrogen-bond acceptors (Lipinski definition) is 6. The van der Waals surface area contributed by atoms with E-state index >= 15 is 0 Å². The van der Waals surface area contributed by atoms with Gasteiger partial charge in [-0.05, 0) is 18.6 Å². The molecular formula is C12H15ClN4O3. The molecule has 1 rings (SSSR count). The van der Waals surface area contributed by atoms with Crippen molar-refractivity contribution in [3.8, 4) is 0 Å². The van der Waals surface area contributed by atoms with Crippen LogP contribution in [0.4, 0.5) is 0 Å². The fourth-order valence-electron chi connectivity index (χ4n) is 1.70. The topological polar surface area (TPSA) is 88.4 Å². The first kappa shape index (κ1) is 15.9. The summed E-state index contributed by atoms with van der Waals surface area (Å²) in [4.78, 5) is 26.7. The van der Waals surface area contributed by atoms with Crippen LogP contribution in [0.1, 0.15) is 12.5 Å². The van der Waals surface area contributed by atoms with Gasteiger partial charge < -0.3 is 10.2 Å². The maximum atomic E-state index is 10.9.